The van der Waals surface area contributed by atoms with Crippen LogP contribution in [0.15, 0.2) is 88.1 Å². The van der Waals surface area contributed by atoms with E-state index in [-0.39, 0.29) is 5.91 Å². The Kier molecular flexibility index (Phi) is 4.64. The van der Waals surface area contributed by atoms with E-state index in [1.54, 1.807) is 67.8 Å². The van der Waals surface area contributed by atoms with Crippen molar-refractivity contribution in [2.24, 2.45) is 0 Å². The van der Waals surface area contributed by atoms with E-state index in [1.165, 1.54) is 0 Å². The number of anilines is 1. The van der Waals surface area contributed by atoms with E-state index in [9.17, 15) is 9.59 Å². The zero-order valence-electron chi connectivity index (χ0n) is 15.1. The number of rotatable bonds is 4. The van der Waals surface area contributed by atoms with Crippen LogP contribution in [-0.4, -0.2) is 13.0 Å². The maximum absolute atomic E-state index is 12.6. The predicted molar refractivity (Wildman–Crippen MR) is 109 cm³/mol. The molecule has 1 N–H and O–H groups in total. The third-order valence-corrected chi connectivity index (χ3v) is 4.40. The summed E-state index contributed by atoms with van der Waals surface area (Å²) in [5, 5.41) is 3.66. The average molecular weight is 371 g/mol. The van der Waals surface area contributed by atoms with Gasteiger partial charge in [0.05, 0.1) is 12.7 Å². The molecule has 4 aromatic rings. The van der Waals surface area contributed by atoms with Gasteiger partial charge in [-0.25, -0.2) is 4.79 Å². The van der Waals surface area contributed by atoms with Gasteiger partial charge >= 0.3 is 5.63 Å². The Hall–Kier alpha value is -3.86. The second-order valence-corrected chi connectivity index (χ2v) is 6.25. The highest BCUT2D eigenvalue weighted by Crippen LogP contribution is 2.23. The predicted octanol–water partition coefficient (Wildman–Crippen LogP) is 4.72. The normalized spacial score (nSPS) is 10.6. The number of hydrogen-bond donors (Lipinski definition) is 1. The van der Waals surface area contributed by atoms with Crippen molar-refractivity contribution < 1.29 is 13.9 Å². The Morgan fingerprint density at radius 2 is 1.75 bits per heavy atom. The second kappa shape index (κ2) is 7.40. The van der Waals surface area contributed by atoms with Gasteiger partial charge in [0.2, 0.25) is 0 Å². The summed E-state index contributed by atoms with van der Waals surface area (Å²) in [6.45, 7) is 0. The minimum atomic E-state index is -0.441. The van der Waals surface area contributed by atoms with Crippen LogP contribution in [-0.2, 0) is 0 Å². The van der Waals surface area contributed by atoms with Gasteiger partial charge in [-0.1, -0.05) is 36.4 Å². The van der Waals surface area contributed by atoms with Crippen molar-refractivity contribution in [3.63, 3.8) is 0 Å². The number of benzene rings is 3. The Bertz CT molecular complexity index is 1230. The molecule has 138 valence electrons. The summed E-state index contributed by atoms with van der Waals surface area (Å²) in [4.78, 5) is 25.0. The highest BCUT2D eigenvalue weighted by Gasteiger charge is 2.12. The van der Waals surface area contributed by atoms with E-state index in [2.05, 4.69) is 5.32 Å². The zero-order valence-corrected chi connectivity index (χ0v) is 15.1. The van der Waals surface area contributed by atoms with Crippen molar-refractivity contribution in [3.8, 4) is 16.9 Å². The Labute approximate surface area is 161 Å². The van der Waals surface area contributed by atoms with Crippen LogP contribution in [0, 0.1) is 0 Å². The van der Waals surface area contributed by atoms with Crippen molar-refractivity contribution in [2.45, 2.75) is 0 Å². The lowest BCUT2D eigenvalue weighted by Gasteiger charge is -2.08. The topological polar surface area (TPSA) is 68.5 Å². The van der Waals surface area contributed by atoms with E-state index in [0.29, 0.717) is 33.7 Å². The van der Waals surface area contributed by atoms with Crippen LogP contribution in [0.3, 0.4) is 0 Å². The Balaban J connectivity index is 1.67. The third-order valence-electron chi connectivity index (χ3n) is 4.40. The number of para-hydroxylation sites is 1. The van der Waals surface area contributed by atoms with E-state index in [1.807, 2.05) is 18.2 Å². The molecule has 1 heterocycles. The van der Waals surface area contributed by atoms with Gasteiger partial charge in [-0.3, -0.25) is 4.79 Å². The minimum absolute atomic E-state index is 0.278. The number of carbonyl (C=O) groups is 1. The fraction of sp³-hybridized carbons (Fsp3) is 0.0435. The van der Waals surface area contributed by atoms with Gasteiger partial charge in [-0.2, -0.15) is 0 Å². The van der Waals surface area contributed by atoms with Gasteiger partial charge < -0.3 is 14.5 Å². The van der Waals surface area contributed by atoms with Gasteiger partial charge in [-0.15, -0.1) is 0 Å². The fourth-order valence-corrected chi connectivity index (χ4v) is 3.00. The Morgan fingerprint density at radius 3 is 2.61 bits per heavy atom. The first kappa shape index (κ1) is 17.5. The molecule has 1 amide bonds. The summed E-state index contributed by atoms with van der Waals surface area (Å²) in [6.07, 6.45) is 0. The fourth-order valence-electron chi connectivity index (χ4n) is 3.00. The molecule has 0 saturated heterocycles. The van der Waals surface area contributed by atoms with Crippen molar-refractivity contribution in [1.29, 1.82) is 0 Å². The van der Waals surface area contributed by atoms with Crippen molar-refractivity contribution >= 4 is 22.6 Å². The molecular weight excluding hydrogens is 354 g/mol. The van der Waals surface area contributed by atoms with Crippen LogP contribution in [0.5, 0.6) is 5.75 Å². The largest absolute Gasteiger partial charge is 0.497 e. The van der Waals surface area contributed by atoms with Crippen molar-refractivity contribution in [1.82, 2.24) is 0 Å². The van der Waals surface area contributed by atoms with Crippen LogP contribution in [0.1, 0.15) is 10.4 Å². The number of amides is 1. The maximum Gasteiger partial charge on any atom is 0.344 e. The number of carbonyl (C=O) groups excluding carboxylic acids is 1. The molecule has 0 bridgehead atoms. The molecule has 1 aromatic heterocycles. The highest BCUT2D eigenvalue weighted by atomic mass is 16.5. The first-order chi connectivity index (χ1) is 13.6. The lowest BCUT2D eigenvalue weighted by Crippen LogP contribution is -2.12. The minimum Gasteiger partial charge on any atom is -0.497 e. The lowest BCUT2D eigenvalue weighted by atomic mass is 10.0. The molecule has 0 radical (unpaired) electrons. The number of hydrogen-bond acceptors (Lipinski definition) is 4. The Morgan fingerprint density at radius 1 is 0.929 bits per heavy atom. The lowest BCUT2D eigenvalue weighted by molar-refractivity contribution is 0.102. The monoisotopic (exact) mass is 371 g/mol. The molecule has 0 aliphatic carbocycles. The number of ether oxygens (including phenoxy) is 1. The van der Waals surface area contributed by atoms with Crippen LogP contribution >= 0.6 is 0 Å². The van der Waals surface area contributed by atoms with Crippen LogP contribution in [0.2, 0.25) is 0 Å². The molecule has 5 nitrogen and oxygen atoms in total. The van der Waals surface area contributed by atoms with Gasteiger partial charge in [0.1, 0.15) is 11.3 Å². The summed E-state index contributed by atoms with van der Waals surface area (Å²) >= 11 is 0. The molecule has 5 heteroatoms. The smallest absolute Gasteiger partial charge is 0.344 e. The summed E-state index contributed by atoms with van der Waals surface area (Å²) < 4.78 is 10.6. The van der Waals surface area contributed by atoms with Gasteiger partial charge in [-0.05, 0) is 42.0 Å². The third kappa shape index (κ3) is 3.50. The zero-order chi connectivity index (χ0) is 19.5. The summed E-state index contributed by atoms with van der Waals surface area (Å²) in [5.74, 6) is 0.376. The molecule has 0 fully saturated rings. The number of methoxy groups -OCH3 is 1. The highest BCUT2D eigenvalue weighted by molar-refractivity contribution is 6.05. The van der Waals surface area contributed by atoms with Gasteiger partial charge in [0.25, 0.3) is 5.91 Å². The molecule has 4 rings (SSSR count). The SMILES string of the molecule is COc1cccc(NC(=O)c2cccc(-c3cc4ccccc4oc3=O)c2)c1. The molecule has 0 saturated carbocycles. The molecule has 0 aliphatic heterocycles. The van der Waals surface area contributed by atoms with Crippen LogP contribution < -0.4 is 15.7 Å². The van der Waals surface area contributed by atoms with E-state index < -0.39 is 5.63 Å². The molecule has 0 aliphatic rings. The van der Waals surface area contributed by atoms with Gasteiger partial charge in [0, 0.05) is 22.7 Å². The van der Waals surface area contributed by atoms with Crippen molar-refractivity contribution in [3.05, 3.63) is 94.8 Å². The molecule has 0 unspecified atom stereocenters. The van der Waals surface area contributed by atoms with E-state index >= 15 is 0 Å². The summed E-state index contributed by atoms with van der Waals surface area (Å²) in [7, 11) is 1.57. The maximum atomic E-state index is 12.6. The molecule has 3 aromatic carbocycles. The average Bonchev–Trinajstić information content (AvgIpc) is 2.73. The molecule has 28 heavy (non-hydrogen) atoms. The second-order valence-electron chi connectivity index (χ2n) is 6.25. The standard InChI is InChI=1S/C23H17NO4/c1-27-19-10-5-9-18(14-19)24-22(25)17-8-4-7-15(12-17)20-13-16-6-2-3-11-21(16)28-23(20)26/h2-14H,1H3,(H,24,25). The molecule has 0 atom stereocenters. The number of fused-ring (bicyclic) bond motifs is 1. The van der Waals surface area contributed by atoms with Crippen molar-refractivity contribution in [2.75, 3.05) is 12.4 Å². The quantitative estimate of drug-likeness (QED) is 0.527. The summed E-state index contributed by atoms with van der Waals surface area (Å²) in [5.41, 5.74) is 2.19. The van der Waals surface area contributed by atoms with Crippen LogP contribution in [0.25, 0.3) is 22.1 Å². The first-order valence-corrected chi connectivity index (χ1v) is 8.73. The van der Waals surface area contributed by atoms with E-state index in [0.717, 1.165) is 5.39 Å². The van der Waals surface area contributed by atoms with Crippen LogP contribution in [0.4, 0.5) is 5.69 Å². The van der Waals surface area contributed by atoms with E-state index in [4.69, 9.17) is 9.15 Å². The van der Waals surface area contributed by atoms with Gasteiger partial charge in [0.15, 0.2) is 0 Å². The number of nitrogens with one attached hydrogen (secondary N) is 1. The first-order valence-electron chi connectivity index (χ1n) is 8.73. The summed E-state index contributed by atoms with van der Waals surface area (Å²) in [6, 6.07) is 23.1. The molecule has 0 spiro atoms. The molecular formula is C23H17NO4.